The number of carbonyl (C=O) groups excluding carboxylic acids is 4. The van der Waals surface area contributed by atoms with Crippen LogP contribution in [0.1, 0.15) is 24.3 Å². The number of fused-ring (bicyclic) bond motifs is 3. The summed E-state index contributed by atoms with van der Waals surface area (Å²) < 4.78 is 11.3. The lowest BCUT2D eigenvalue weighted by molar-refractivity contribution is -0.138. The predicted octanol–water partition coefficient (Wildman–Crippen LogP) is 2.80. The number of hydrogen-bond acceptors (Lipinski definition) is 7. The van der Waals surface area contributed by atoms with Gasteiger partial charge in [0, 0.05) is 47.9 Å². The molecule has 34 heavy (non-hydrogen) atoms. The Bertz CT molecular complexity index is 1250. The molecule has 0 spiro atoms. The minimum absolute atomic E-state index is 0.0800. The van der Waals surface area contributed by atoms with E-state index in [0.29, 0.717) is 23.1 Å². The summed E-state index contributed by atoms with van der Waals surface area (Å²) in [6.07, 6.45) is 3.72. The van der Waals surface area contributed by atoms with Gasteiger partial charge in [-0.1, -0.05) is 11.6 Å². The van der Waals surface area contributed by atoms with E-state index in [2.05, 4.69) is 15.9 Å². The molecule has 8 nitrogen and oxygen atoms in total. The second kappa shape index (κ2) is 7.94. The van der Waals surface area contributed by atoms with Crippen LogP contribution in [0, 0.1) is 17.8 Å². The molecule has 0 radical (unpaired) electrons. The van der Waals surface area contributed by atoms with Gasteiger partial charge in [-0.15, -0.1) is 0 Å². The van der Waals surface area contributed by atoms with Crippen molar-refractivity contribution in [1.29, 1.82) is 0 Å². The molecule has 1 aromatic carbocycles. The number of hydrogen-bond donors (Lipinski definition) is 1. The topological polar surface area (TPSA) is 110 Å². The van der Waals surface area contributed by atoms with E-state index in [4.69, 9.17) is 9.47 Å². The van der Waals surface area contributed by atoms with Crippen LogP contribution in [0.5, 0.6) is 17.2 Å². The predicted molar refractivity (Wildman–Crippen MR) is 124 cm³/mol. The Morgan fingerprint density at radius 1 is 1.03 bits per heavy atom. The Balaban J connectivity index is 1.79. The Morgan fingerprint density at radius 2 is 1.68 bits per heavy atom. The van der Waals surface area contributed by atoms with E-state index in [1.54, 1.807) is 0 Å². The third-order valence-corrected chi connectivity index (χ3v) is 7.96. The molecule has 1 saturated heterocycles. The normalized spacial score (nSPS) is 28.3. The van der Waals surface area contributed by atoms with Gasteiger partial charge >= 0.3 is 0 Å². The molecule has 1 heterocycles. The number of ether oxygens (including phenoxy) is 2. The summed E-state index contributed by atoms with van der Waals surface area (Å²) in [4.78, 5) is 53.5. The Morgan fingerprint density at radius 3 is 2.29 bits per heavy atom. The number of likely N-dealkylation sites (tertiary alicyclic amines) is 1. The number of phenols is 1. The van der Waals surface area contributed by atoms with Gasteiger partial charge in [0.05, 0.1) is 30.5 Å². The first-order valence-corrected chi connectivity index (χ1v) is 11.6. The third kappa shape index (κ3) is 3.02. The number of halogens is 1. The van der Waals surface area contributed by atoms with Crippen molar-refractivity contribution < 1.29 is 33.8 Å². The van der Waals surface area contributed by atoms with E-state index in [0.717, 1.165) is 10.5 Å². The molecule has 5 rings (SSSR count). The average Bonchev–Trinajstić information content (AvgIpc) is 3.04. The lowest BCUT2D eigenvalue weighted by Gasteiger charge is -2.42. The monoisotopic (exact) mass is 527 g/mol. The van der Waals surface area contributed by atoms with Gasteiger partial charge in [0.15, 0.2) is 11.6 Å². The van der Waals surface area contributed by atoms with E-state index in [1.165, 1.54) is 39.5 Å². The highest BCUT2D eigenvalue weighted by molar-refractivity contribution is 9.12. The quantitative estimate of drug-likeness (QED) is 0.365. The fourth-order valence-electron chi connectivity index (χ4n) is 5.90. The second-order valence-corrected chi connectivity index (χ2v) is 9.75. The minimum Gasteiger partial charge on any atom is -0.508 e. The second-order valence-electron chi connectivity index (χ2n) is 8.89. The number of carbonyl (C=O) groups is 4. The molecule has 0 saturated carbocycles. The van der Waals surface area contributed by atoms with Gasteiger partial charge in [-0.3, -0.25) is 24.1 Å². The van der Waals surface area contributed by atoms with Crippen LogP contribution in [0.25, 0.3) is 0 Å². The van der Waals surface area contributed by atoms with E-state index < -0.39 is 23.7 Å². The Labute approximate surface area is 204 Å². The van der Waals surface area contributed by atoms with Crippen LogP contribution in [0.3, 0.4) is 0 Å². The fraction of sp³-hybridized carbons (Fsp3) is 0.360. The van der Waals surface area contributed by atoms with Crippen molar-refractivity contribution in [3.63, 3.8) is 0 Å². The van der Waals surface area contributed by atoms with Crippen molar-refractivity contribution in [3.8, 4) is 17.2 Å². The lowest BCUT2D eigenvalue weighted by atomic mass is 9.59. The number of aromatic hydroxyl groups is 1. The van der Waals surface area contributed by atoms with Crippen LogP contribution in [0.15, 0.2) is 45.5 Å². The number of nitrogens with zero attached hydrogens (tertiary/aromatic N) is 1. The highest BCUT2D eigenvalue weighted by Crippen LogP contribution is 2.57. The molecule has 1 fully saturated rings. The number of allylic oxidation sites excluding steroid dienone is 6. The maximum absolute atomic E-state index is 13.3. The molecular weight excluding hydrogens is 506 g/mol. The average molecular weight is 528 g/mol. The van der Waals surface area contributed by atoms with E-state index in [1.807, 2.05) is 6.08 Å². The summed E-state index contributed by atoms with van der Waals surface area (Å²) in [5, 5.41) is 10.2. The van der Waals surface area contributed by atoms with E-state index >= 15 is 0 Å². The fourth-order valence-corrected chi connectivity index (χ4v) is 6.35. The first kappa shape index (κ1) is 22.6. The van der Waals surface area contributed by atoms with E-state index in [9.17, 15) is 24.3 Å². The number of Topliss-reactive ketones (excluding diaryl/α,β-unsaturated/α-hetero) is 1. The molecule has 176 valence electrons. The van der Waals surface area contributed by atoms with Gasteiger partial charge in [-0.2, -0.15) is 0 Å². The van der Waals surface area contributed by atoms with Crippen molar-refractivity contribution >= 4 is 39.3 Å². The van der Waals surface area contributed by atoms with E-state index in [-0.39, 0.29) is 51.5 Å². The molecule has 1 aromatic rings. The summed E-state index contributed by atoms with van der Waals surface area (Å²) in [7, 11) is 4.36. The maximum atomic E-state index is 13.3. The van der Waals surface area contributed by atoms with Crippen molar-refractivity contribution in [2.24, 2.45) is 17.8 Å². The van der Waals surface area contributed by atoms with Gasteiger partial charge in [0.2, 0.25) is 11.8 Å². The molecular formula is C25H22BrNO7. The lowest BCUT2D eigenvalue weighted by Crippen LogP contribution is -2.39. The Kier molecular flexibility index (Phi) is 5.27. The van der Waals surface area contributed by atoms with Crippen LogP contribution in [-0.4, -0.2) is 54.7 Å². The molecule has 0 unspecified atom stereocenters. The number of amides is 2. The SMILES string of the molecule is COc1cc(O)cc(OC)c1[C@H]1C2=CC[C@@H]3C(=O)N(C)C(=O)[C@@H]3[C@@H]2CC2=C1C(=O)C=C(Br)C2=O. The molecule has 0 bridgehead atoms. The van der Waals surface area contributed by atoms with Gasteiger partial charge in [0.25, 0.3) is 0 Å². The summed E-state index contributed by atoms with van der Waals surface area (Å²) in [6, 6.07) is 2.85. The largest absolute Gasteiger partial charge is 0.508 e. The number of rotatable bonds is 3. The third-order valence-electron chi connectivity index (χ3n) is 7.37. The van der Waals surface area contributed by atoms with Gasteiger partial charge in [0.1, 0.15) is 17.2 Å². The molecule has 3 aliphatic carbocycles. The molecule has 1 aliphatic heterocycles. The van der Waals surface area contributed by atoms with Gasteiger partial charge in [-0.05, 0) is 34.7 Å². The number of methoxy groups -OCH3 is 2. The molecule has 4 atom stereocenters. The van der Waals surface area contributed by atoms with Gasteiger partial charge < -0.3 is 14.6 Å². The first-order chi connectivity index (χ1) is 16.2. The van der Waals surface area contributed by atoms with Crippen LogP contribution >= 0.6 is 15.9 Å². The van der Waals surface area contributed by atoms with Crippen LogP contribution in [0.2, 0.25) is 0 Å². The first-order valence-electron chi connectivity index (χ1n) is 10.8. The zero-order valence-corrected chi connectivity index (χ0v) is 20.3. The maximum Gasteiger partial charge on any atom is 0.233 e. The minimum atomic E-state index is -0.734. The van der Waals surface area contributed by atoms with Crippen LogP contribution < -0.4 is 9.47 Å². The summed E-state index contributed by atoms with van der Waals surface area (Å²) in [5.74, 6) is -2.93. The number of imide groups is 1. The highest BCUT2D eigenvalue weighted by Gasteiger charge is 2.56. The number of ketones is 2. The summed E-state index contributed by atoms with van der Waals surface area (Å²) >= 11 is 3.20. The van der Waals surface area contributed by atoms with Crippen molar-refractivity contribution in [2.75, 3.05) is 21.3 Å². The smallest absolute Gasteiger partial charge is 0.233 e. The molecule has 0 aromatic heterocycles. The standard InChI is InChI=1S/C25H22BrNO7/c1-27-24(31)12-5-4-11-13(19(12)25(27)32)8-14-20(16(29)9-15(26)23(14)30)21(11)22-17(33-2)6-10(28)7-18(22)34-3/h4,6-7,9,12-13,19,21,28H,5,8H2,1-3H3/t12-,13+,19-,21-/m0/s1. The summed E-state index contributed by atoms with van der Waals surface area (Å²) in [6.45, 7) is 0. The molecule has 2 amide bonds. The molecule has 1 N–H and O–H groups in total. The van der Waals surface area contributed by atoms with Crippen molar-refractivity contribution in [3.05, 3.63) is 51.0 Å². The Hall–Kier alpha value is -3.20. The van der Waals surface area contributed by atoms with Crippen molar-refractivity contribution in [1.82, 2.24) is 4.90 Å². The zero-order chi connectivity index (χ0) is 24.5. The summed E-state index contributed by atoms with van der Waals surface area (Å²) in [5.41, 5.74) is 1.90. The van der Waals surface area contributed by atoms with Crippen LogP contribution in [0.4, 0.5) is 0 Å². The van der Waals surface area contributed by atoms with Crippen LogP contribution in [-0.2, 0) is 19.2 Å². The molecule has 4 aliphatic rings. The molecule has 9 heteroatoms. The zero-order valence-electron chi connectivity index (χ0n) is 18.8. The van der Waals surface area contributed by atoms with Crippen molar-refractivity contribution in [2.45, 2.75) is 18.8 Å². The number of phenolic OH excluding ortho intramolecular Hbond substituents is 1. The number of benzene rings is 1. The highest BCUT2D eigenvalue weighted by atomic mass is 79.9. The van der Waals surface area contributed by atoms with Gasteiger partial charge in [-0.25, -0.2) is 0 Å².